The van der Waals surface area contributed by atoms with Gasteiger partial charge in [-0.15, -0.1) is 16.7 Å². The predicted octanol–water partition coefficient (Wildman–Crippen LogP) is 1.84. The third-order valence-corrected chi connectivity index (χ3v) is 2.48. The molecule has 0 aliphatic carbocycles. The summed E-state index contributed by atoms with van der Waals surface area (Å²) in [5.74, 6) is 1.02. The summed E-state index contributed by atoms with van der Waals surface area (Å²) < 4.78 is 7.25. The van der Waals surface area contributed by atoms with E-state index in [1.165, 1.54) is 0 Å². The van der Waals surface area contributed by atoms with Crippen LogP contribution in [0.15, 0.2) is 18.3 Å². The number of aryl methyl sites for hydroxylation is 2. The van der Waals surface area contributed by atoms with Gasteiger partial charge in [0.15, 0.2) is 0 Å². The van der Waals surface area contributed by atoms with Crippen molar-refractivity contribution >= 4 is 11.6 Å². The third kappa shape index (κ3) is 2.94. The van der Waals surface area contributed by atoms with E-state index in [-0.39, 0.29) is 0 Å². The lowest BCUT2D eigenvalue weighted by Crippen LogP contribution is -2.00. The van der Waals surface area contributed by atoms with Gasteiger partial charge in [0.1, 0.15) is 18.1 Å². The van der Waals surface area contributed by atoms with Crippen LogP contribution in [0, 0.1) is 6.92 Å². The average molecular weight is 253 g/mol. The Bertz CT molecular complexity index is 512. The van der Waals surface area contributed by atoms with Crippen molar-refractivity contribution in [3.8, 4) is 5.75 Å². The summed E-state index contributed by atoms with van der Waals surface area (Å²) in [5.41, 5.74) is 2.44. The second-order valence-corrected chi connectivity index (χ2v) is 3.97. The van der Waals surface area contributed by atoms with Crippen LogP contribution >= 0.6 is 11.6 Å². The highest BCUT2D eigenvalue weighted by Crippen LogP contribution is 2.19. The minimum atomic E-state index is 0.331. The van der Waals surface area contributed by atoms with Gasteiger partial charge in [-0.1, -0.05) is 5.21 Å². The van der Waals surface area contributed by atoms with Crippen LogP contribution in [0.3, 0.4) is 0 Å². The smallest absolute Gasteiger partial charge is 0.142 e. The van der Waals surface area contributed by atoms with Gasteiger partial charge >= 0.3 is 0 Å². The molecule has 0 aromatic carbocycles. The van der Waals surface area contributed by atoms with Crippen molar-refractivity contribution in [3.63, 3.8) is 0 Å². The monoisotopic (exact) mass is 252 g/mol. The Morgan fingerprint density at radius 3 is 2.88 bits per heavy atom. The van der Waals surface area contributed by atoms with Gasteiger partial charge in [0.2, 0.25) is 0 Å². The van der Waals surface area contributed by atoms with Crippen molar-refractivity contribution in [1.82, 2.24) is 20.0 Å². The Labute approximate surface area is 104 Å². The third-order valence-electron chi connectivity index (χ3n) is 2.22. The zero-order valence-electron chi connectivity index (χ0n) is 9.72. The van der Waals surface area contributed by atoms with E-state index < -0.39 is 0 Å². The number of halogens is 1. The van der Waals surface area contributed by atoms with Gasteiger partial charge in [-0.3, -0.25) is 9.67 Å². The molecule has 2 heterocycles. The van der Waals surface area contributed by atoms with E-state index in [1.807, 2.05) is 32.3 Å². The summed E-state index contributed by atoms with van der Waals surface area (Å²) in [6, 6.07) is 3.76. The summed E-state index contributed by atoms with van der Waals surface area (Å²) in [6.45, 7) is 2.28. The number of hydrogen-bond acceptors (Lipinski definition) is 4. The molecule has 0 fully saturated rings. The molecule has 6 heteroatoms. The zero-order chi connectivity index (χ0) is 12.3. The molecular formula is C11H13ClN4O. The van der Waals surface area contributed by atoms with Gasteiger partial charge in [-0.05, 0) is 19.1 Å². The van der Waals surface area contributed by atoms with E-state index in [9.17, 15) is 0 Å². The van der Waals surface area contributed by atoms with Crippen molar-refractivity contribution in [2.75, 3.05) is 0 Å². The molecule has 0 aliphatic heterocycles. The zero-order valence-corrected chi connectivity index (χ0v) is 10.5. The van der Waals surface area contributed by atoms with Gasteiger partial charge < -0.3 is 4.74 Å². The standard InChI is InChI=1S/C11H13ClN4O/c1-8-3-4-11(10(5-12)13-8)17-7-9-6-16(2)15-14-9/h3-4,6H,5,7H2,1-2H3. The maximum atomic E-state index is 5.82. The Balaban J connectivity index is 2.08. The molecule has 0 radical (unpaired) electrons. The number of rotatable bonds is 4. The van der Waals surface area contributed by atoms with Gasteiger partial charge in [0, 0.05) is 12.7 Å². The highest BCUT2D eigenvalue weighted by Gasteiger charge is 2.06. The molecule has 17 heavy (non-hydrogen) atoms. The van der Waals surface area contributed by atoms with Crippen LogP contribution < -0.4 is 4.74 Å². The fourth-order valence-corrected chi connectivity index (χ4v) is 1.63. The highest BCUT2D eigenvalue weighted by atomic mass is 35.5. The van der Waals surface area contributed by atoms with Crippen LogP contribution in [-0.4, -0.2) is 20.0 Å². The van der Waals surface area contributed by atoms with Gasteiger partial charge in [-0.25, -0.2) is 0 Å². The molecule has 2 aromatic rings. The molecule has 0 spiro atoms. The topological polar surface area (TPSA) is 52.8 Å². The van der Waals surface area contributed by atoms with E-state index >= 15 is 0 Å². The molecule has 90 valence electrons. The minimum absolute atomic E-state index is 0.331. The van der Waals surface area contributed by atoms with Crippen LogP contribution in [0.4, 0.5) is 0 Å². The van der Waals surface area contributed by atoms with Crippen molar-refractivity contribution in [1.29, 1.82) is 0 Å². The first-order valence-corrected chi connectivity index (χ1v) is 5.73. The Kier molecular flexibility index (Phi) is 3.58. The van der Waals surface area contributed by atoms with Crippen molar-refractivity contribution < 1.29 is 4.74 Å². The van der Waals surface area contributed by atoms with E-state index in [0.29, 0.717) is 18.2 Å². The molecule has 0 aliphatic rings. The van der Waals surface area contributed by atoms with Crippen LogP contribution in [0.1, 0.15) is 17.1 Å². The van der Waals surface area contributed by atoms with Crippen LogP contribution in [-0.2, 0) is 19.5 Å². The molecular weight excluding hydrogens is 240 g/mol. The largest absolute Gasteiger partial charge is 0.485 e. The molecule has 2 rings (SSSR count). The lowest BCUT2D eigenvalue weighted by Gasteiger charge is -2.08. The minimum Gasteiger partial charge on any atom is -0.485 e. The molecule has 0 saturated carbocycles. The van der Waals surface area contributed by atoms with E-state index in [4.69, 9.17) is 16.3 Å². The molecule has 0 atom stereocenters. The van der Waals surface area contributed by atoms with Crippen LogP contribution in [0.5, 0.6) is 5.75 Å². The second-order valence-electron chi connectivity index (χ2n) is 3.70. The lowest BCUT2D eigenvalue weighted by molar-refractivity contribution is 0.297. The SMILES string of the molecule is Cc1ccc(OCc2cn(C)nn2)c(CCl)n1. The first-order chi connectivity index (χ1) is 8.19. The maximum absolute atomic E-state index is 5.82. The number of nitrogens with zero attached hydrogens (tertiary/aromatic N) is 4. The molecule has 0 bridgehead atoms. The summed E-state index contributed by atoms with van der Waals surface area (Å²) in [7, 11) is 1.81. The normalized spacial score (nSPS) is 10.5. The number of alkyl halides is 1. The first kappa shape index (κ1) is 11.9. The fourth-order valence-electron chi connectivity index (χ4n) is 1.44. The average Bonchev–Trinajstić information content (AvgIpc) is 2.73. The Morgan fingerprint density at radius 2 is 2.24 bits per heavy atom. The molecule has 5 nitrogen and oxygen atoms in total. The van der Waals surface area contributed by atoms with E-state index in [0.717, 1.165) is 17.1 Å². The Hall–Kier alpha value is -1.62. The Morgan fingerprint density at radius 1 is 1.41 bits per heavy atom. The highest BCUT2D eigenvalue weighted by molar-refractivity contribution is 6.17. The summed E-state index contributed by atoms with van der Waals surface area (Å²) in [4.78, 5) is 4.31. The molecule has 0 N–H and O–H groups in total. The predicted molar refractivity (Wildman–Crippen MR) is 63.9 cm³/mol. The molecule has 0 unspecified atom stereocenters. The quantitative estimate of drug-likeness (QED) is 0.779. The van der Waals surface area contributed by atoms with Gasteiger partial charge in [0.05, 0.1) is 17.8 Å². The van der Waals surface area contributed by atoms with Crippen LogP contribution in [0.25, 0.3) is 0 Å². The van der Waals surface area contributed by atoms with E-state index in [2.05, 4.69) is 15.3 Å². The molecule has 2 aromatic heterocycles. The number of pyridine rings is 1. The summed E-state index contributed by atoms with van der Waals surface area (Å²) >= 11 is 5.82. The van der Waals surface area contributed by atoms with Crippen LogP contribution in [0.2, 0.25) is 0 Å². The molecule has 0 saturated heterocycles. The number of hydrogen-bond donors (Lipinski definition) is 0. The first-order valence-electron chi connectivity index (χ1n) is 5.19. The maximum Gasteiger partial charge on any atom is 0.142 e. The van der Waals surface area contributed by atoms with Crippen molar-refractivity contribution in [3.05, 3.63) is 35.4 Å². The molecule has 0 amide bonds. The lowest BCUT2D eigenvalue weighted by atomic mass is 10.3. The summed E-state index contributed by atoms with van der Waals surface area (Å²) in [6.07, 6.45) is 1.81. The number of ether oxygens (including phenoxy) is 1. The fraction of sp³-hybridized carbons (Fsp3) is 0.364. The van der Waals surface area contributed by atoms with Gasteiger partial charge in [0.25, 0.3) is 0 Å². The number of aromatic nitrogens is 4. The summed E-state index contributed by atoms with van der Waals surface area (Å²) in [5, 5.41) is 7.77. The van der Waals surface area contributed by atoms with Crippen molar-refractivity contribution in [2.45, 2.75) is 19.4 Å². The second kappa shape index (κ2) is 5.14. The van der Waals surface area contributed by atoms with E-state index in [1.54, 1.807) is 4.68 Å². The van der Waals surface area contributed by atoms with Crippen molar-refractivity contribution in [2.24, 2.45) is 7.05 Å². The van der Waals surface area contributed by atoms with Gasteiger partial charge in [-0.2, -0.15) is 0 Å².